The van der Waals surface area contributed by atoms with E-state index in [1.54, 1.807) is 36.3 Å². The second-order valence-corrected chi connectivity index (χ2v) is 26.7. The minimum Gasteiger partial charge on any atom is -0.423 e. The van der Waals surface area contributed by atoms with Gasteiger partial charge in [0.2, 0.25) is 0 Å². The molecule has 0 saturated heterocycles. The van der Waals surface area contributed by atoms with Gasteiger partial charge in [-0.1, -0.05) is 225 Å². The number of hydrogen-bond acceptors (Lipinski definition) is 17. The Bertz CT molecular complexity index is 2540. The number of aromatic nitrogens is 8. The highest BCUT2D eigenvalue weighted by Gasteiger charge is 2.29. The van der Waals surface area contributed by atoms with Crippen molar-refractivity contribution in [2.75, 3.05) is 63.8 Å². The van der Waals surface area contributed by atoms with Crippen LogP contribution in [0.1, 0.15) is 233 Å². The van der Waals surface area contributed by atoms with Crippen LogP contribution in [0, 0.1) is 0 Å². The summed E-state index contributed by atoms with van der Waals surface area (Å²) in [6.07, 6.45) is 47.6. The fourth-order valence-electron chi connectivity index (χ4n) is 10.1. The van der Waals surface area contributed by atoms with Crippen molar-refractivity contribution in [3.8, 4) is 5.75 Å². The highest BCUT2D eigenvalue weighted by molar-refractivity contribution is 7.54. The van der Waals surface area contributed by atoms with Crippen molar-refractivity contribution in [2.45, 2.75) is 258 Å². The molecule has 2 unspecified atom stereocenters. The largest absolute Gasteiger partial charge is 0.423 e. The average molecular weight is 1240 g/mol. The standard InChI is InChI=1S/C35H58N5O5P.C29H54N5O5P/c1-3-4-5-6-7-8-9-10-11-12-13-14-15-16-17-21-24-42-25-26-44-46(41,45-32-22-19-18-20-23-32)30-43-31(2)27-40-29-39-33-34(36)37-28-38-35(33)40;1-3-4-5-6-7-8-9-10-11-12-13-14-15-16-17-18-19-37-20-21-39-40(35,36)25-38-26(2)22-34-24-33-27-28(30)31-23-32-29(27)34/h18-20,22-23,28-29,31H,3-17,21,24-27,30H2,1-2H3,(H2,36,37,38);23-24,26H,3-22,25H2,1-2H3,(H,35,36)(H2,30,31,32)/t31-,46?;26-/m11/s1. The monoisotopic (exact) mass is 1240 g/mol. The second kappa shape index (κ2) is 46.9. The summed E-state index contributed by atoms with van der Waals surface area (Å²) in [6, 6.07) is 9.00. The molecule has 4 atom stereocenters. The van der Waals surface area contributed by atoms with Gasteiger partial charge in [-0.05, 0) is 38.8 Å². The maximum Gasteiger partial charge on any atom is 0.404 e. The summed E-state index contributed by atoms with van der Waals surface area (Å²) in [6.45, 7) is 11.2. The van der Waals surface area contributed by atoms with Crippen molar-refractivity contribution in [3.05, 3.63) is 55.6 Å². The fourth-order valence-corrected chi connectivity index (χ4v) is 12.4. The second-order valence-electron chi connectivity index (χ2n) is 23.0. The minimum absolute atomic E-state index is 0.0622. The van der Waals surface area contributed by atoms with E-state index < -0.39 is 21.5 Å². The number of rotatable bonds is 54. The lowest BCUT2D eigenvalue weighted by atomic mass is 10.0. The van der Waals surface area contributed by atoms with Gasteiger partial charge in [-0.3, -0.25) is 9.09 Å². The SMILES string of the molecule is CCCCCCCCCCCCCCCCCCOCCOP(=O)(CO[C@H](C)Cn1cnc2c(N)ncnc21)Oc1ccccc1.CCCCCCCCCCCCCCCCCCOCCOP(=O)(O)CO[C@H](C)Cn1cnc2c(N)ncnc21. The molecule has 5 N–H and O–H groups in total. The maximum absolute atomic E-state index is 13.7. The van der Waals surface area contributed by atoms with Crippen LogP contribution in [0.15, 0.2) is 55.6 Å². The summed E-state index contributed by atoms with van der Waals surface area (Å²) < 4.78 is 69.1. The van der Waals surface area contributed by atoms with Crippen LogP contribution in [0.5, 0.6) is 5.75 Å². The Labute approximate surface area is 516 Å². The molecule has 0 saturated carbocycles. The third-order valence-corrected chi connectivity index (χ3v) is 17.7. The number of imidazole rings is 2. The topological polar surface area (TPSA) is 258 Å². The molecule has 0 aliphatic heterocycles. The molecule has 1 aromatic carbocycles. The van der Waals surface area contributed by atoms with Gasteiger partial charge in [0.15, 0.2) is 29.3 Å². The van der Waals surface area contributed by atoms with Crippen molar-refractivity contribution >= 4 is 49.2 Å². The zero-order valence-corrected chi connectivity index (χ0v) is 55.1. The Hall–Kier alpha value is -4.10. The lowest BCUT2D eigenvalue weighted by molar-refractivity contribution is 0.0610. The van der Waals surface area contributed by atoms with Gasteiger partial charge >= 0.3 is 15.2 Å². The van der Waals surface area contributed by atoms with Gasteiger partial charge in [-0.2, -0.15) is 0 Å². The van der Waals surface area contributed by atoms with E-state index in [9.17, 15) is 14.0 Å². The zero-order chi connectivity index (χ0) is 61.6. The van der Waals surface area contributed by atoms with Crippen LogP contribution in [0.2, 0.25) is 0 Å². The van der Waals surface area contributed by atoms with Gasteiger partial charge in [0.25, 0.3) is 0 Å². The molecular weight excluding hydrogens is 1130 g/mol. The Morgan fingerprint density at radius 2 is 0.814 bits per heavy atom. The molecule has 22 heteroatoms. The lowest BCUT2D eigenvalue weighted by Gasteiger charge is -2.22. The molecule has 0 fully saturated rings. The molecule has 4 heterocycles. The third-order valence-electron chi connectivity index (χ3n) is 15.1. The van der Waals surface area contributed by atoms with Crippen LogP contribution in [0.3, 0.4) is 0 Å². The smallest absolute Gasteiger partial charge is 0.404 e. The number of hydrogen-bond donors (Lipinski definition) is 3. The molecular formula is C64H112N10O10P2. The van der Waals surface area contributed by atoms with Gasteiger partial charge in [-0.25, -0.2) is 34.5 Å². The quantitative estimate of drug-likeness (QED) is 0.0241. The third kappa shape index (κ3) is 34.0. The van der Waals surface area contributed by atoms with E-state index in [1.807, 2.05) is 29.7 Å². The number of unbranched alkanes of at least 4 members (excludes halogenated alkanes) is 30. The van der Waals surface area contributed by atoms with Crippen LogP contribution >= 0.6 is 15.2 Å². The number of nitrogen functional groups attached to an aromatic ring is 2. The fraction of sp³-hybridized carbons (Fsp3) is 0.750. The van der Waals surface area contributed by atoms with Crippen LogP contribution in [-0.4, -0.2) is 108 Å². The molecule has 5 aromatic rings. The van der Waals surface area contributed by atoms with E-state index in [1.165, 1.54) is 199 Å². The number of para-hydroxylation sites is 1. The van der Waals surface area contributed by atoms with Gasteiger partial charge in [0, 0.05) is 13.2 Å². The molecule has 0 aliphatic carbocycles. The zero-order valence-electron chi connectivity index (χ0n) is 53.3. The summed E-state index contributed by atoms with van der Waals surface area (Å²) in [5, 5.41) is 0. The van der Waals surface area contributed by atoms with Crippen LogP contribution in [-0.2, 0) is 50.2 Å². The number of fused-ring (bicyclic) bond motifs is 2. The van der Waals surface area contributed by atoms with Crippen molar-refractivity contribution in [1.29, 1.82) is 0 Å². The van der Waals surface area contributed by atoms with E-state index in [2.05, 4.69) is 43.8 Å². The van der Waals surface area contributed by atoms with E-state index in [0.29, 0.717) is 79.2 Å². The number of anilines is 2. The van der Waals surface area contributed by atoms with Gasteiger partial charge in [-0.15, -0.1) is 0 Å². The number of nitrogens with two attached hydrogens (primary N) is 2. The van der Waals surface area contributed by atoms with E-state index in [0.717, 1.165) is 19.3 Å². The average Bonchev–Trinajstić information content (AvgIpc) is 3.12. The maximum atomic E-state index is 13.7. The Morgan fingerprint density at radius 1 is 0.453 bits per heavy atom. The number of ether oxygens (including phenoxy) is 4. The van der Waals surface area contributed by atoms with Crippen LogP contribution < -0.4 is 16.0 Å². The predicted octanol–water partition coefficient (Wildman–Crippen LogP) is 16.6. The van der Waals surface area contributed by atoms with Gasteiger partial charge in [0.1, 0.15) is 35.8 Å². The summed E-state index contributed by atoms with van der Waals surface area (Å²) in [4.78, 5) is 34.9. The first kappa shape index (κ1) is 74.4. The summed E-state index contributed by atoms with van der Waals surface area (Å²) in [5.74, 6) is 1.09. The van der Waals surface area contributed by atoms with Crippen molar-refractivity contribution < 1.29 is 46.5 Å². The van der Waals surface area contributed by atoms with E-state index in [-0.39, 0.29) is 31.8 Å². The predicted molar refractivity (Wildman–Crippen MR) is 347 cm³/mol. The van der Waals surface area contributed by atoms with Crippen LogP contribution in [0.4, 0.5) is 11.6 Å². The van der Waals surface area contributed by atoms with Crippen molar-refractivity contribution in [3.63, 3.8) is 0 Å². The van der Waals surface area contributed by atoms with Gasteiger partial charge < -0.3 is 53.5 Å². The molecule has 5 rings (SSSR count). The summed E-state index contributed by atoms with van der Waals surface area (Å²) >= 11 is 0. The minimum atomic E-state index is -3.86. The van der Waals surface area contributed by atoms with Gasteiger partial charge in [0.05, 0.1) is 64.4 Å². The van der Waals surface area contributed by atoms with E-state index >= 15 is 0 Å². The molecule has 488 valence electrons. The molecule has 4 aromatic heterocycles. The lowest BCUT2D eigenvalue weighted by Crippen LogP contribution is -2.19. The summed E-state index contributed by atoms with van der Waals surface area (Å²) in [7, 11) is -7.47. The molecule has 0 spiro atoms. The van der Waals surface area contributed by atoms with Crippen LogP contribution in [0.25, 0.3) is 22.3 Å². The first-order chi connectivity index (χ1) is 41.9. The summed E-state index contributed by atoms with van der Waals surface area (Å²) in [5.41, 5.74) is 14.0. The molecule has 0 radical (unpaired) electrons. The normalized spacial score (nSPS) is 13.8. The van der Waals surface area contributed by atoms with Crippen molar-refractivity contribution in [1.82, 2.24) is 39.0 Å². The molecule has 86 heavy (non-hydrogen) atoms. The van der Waals surface area contributed by atoms with E-state index in [4.69, 9.17) is 44.0 Å². The number of benzene rings is 1. The first-order valence-electron chi connectivity index (χ1n) is 33.1. The molecule has 0 amide bonds. The Kier molecular flexibility index (Phi) is 40.6. The number of nitrogens with zero attached hydrogens (tertiary/aromatic N) is 8. The van der Waals surface area contributed by atoms with Crippen molar-refractivity contribution in [2.24, 2.45) is 0 Å². The Balaban J connectivity index is 0.000000372. The highest BCUT2D eigenvalue weighted by atomic mass is 31.2. The molecule has 0 aliphatic rings. The first-order valence-corrected chi connectivity index (χ1v) is 36.6. The highest BCUT2D eigenvalue weighted by Crippen LogP contribution is 2.48. The molecule has 0 bridgehead atoms. The Morgan fingerprint density at radius 3 is 1.21 bits per heavy atom. The molecule has 20 nitrogen and oxygen atoms in total.